The van der Waals surface area contributed by atoms with Crippen LogP contribution in [0.15, 0.2) is 0 Å². The Balaban J connectivity index is 1.82. The number of rotatable bonds is 3. The molecule has 3 atom stereocenters. The van der Waals surface area contributed by atoms with E-state index in [0.29, 0.717) is 24.3 Å². The van der Waals surface area contributed by atoms with Crippen LogP contribution in [0.5, 0.6) is 0 Å². The van der Waals surface area contributed by atoms with Crippen LogP contribution in [-0.2, 0) is 9.84 Å². The maximum absolute atomic E-state index is 11.7. The highest BCUT2D eigenvalue weighted by Crippen LogP contribution is 2.25. The molecule has 0 aromatic carbocycles. The summed E-state index contributed by atoms with van der Waals surface area (Å²) >= 11 is 0. The lowest BCUT2D eigenvalue weighted by molar-refractivity contribution is 0.280. The van der Waals surface area contributed by atoms with Crippen molar-refractivity contribution < 1.29 is 8.42 Å². The van der Waals surface area contributed by atoms with E-state index >= 15 is 0 Å². The fourth-order valence-corrected chi connectivity index (χ4v) is 4.77. The highest BCUT2D eigenvalue weighted by atomic mass is 32.2. The second kappa shape index (κ2) is 5.05. The molecule has 0 radical (unpaired) electrons. The Hall–Kier alpha value is -0.0900. The SMILES string of the molecule is CC1CCCCC1NCC1CCCS1(=O)=O. The highest BCUT2D eigenvalue weighted by molar-refractivity contribution is 7.92. The fraction of sp³-hybridized carbons (Fsp3) is 1.00. The first-order chi connectivity index (χ1) is 7.59. The lowest BCUT2D eigenvalue weighted by atomic mass is 9.86. The molecule has 1 saturated carbocycles. The highest BCUT2D eigenvalue weighted by Gasteiger charge is 2.32. The normalized spacial score (nSPS) is 38.7. The van der Waals surface area contributed by atoms with E-state index in [-0.39, 0.29) is 5.25 Å². The first kappa shape index (κ1) is 12.4. The van der Waals surface area contributed by atoms with Crippen LogP contribution in [0.1, 0.15) is 45.4 Å². The summed E-state index contributed by atoms with van der Waals surface area (Å²) in [6, 6.07) is 0.546. The molecule has 3 nitrogen and oxygen atoms in total. The van der Waals surface area contributed by atoms with E-state index in [2.05, 4.69) is 12.2 Å². The van der Waals surface area contributed by atoms with E-state index in [1.54, 1.807) is 0 Å². The lowest BCUT2D eigenvalue weighted by Crippen LogP contribution is -2.42. The van der Waals surface area contributed by atoms with Crippen LogP contribution in [0.3, 0.4) is 0 Å². The maximum Gasteiger partial charge on any atom is 0.154 e. The van der Waals surface area contributed by atoms with Crippen LogP contribution in [0.25, 0.3) is 0 Å². The molecule has 3 unspecified atom stereocenters. The summed E-state index contributed by atoms with van der Waals surface area (Å²) < 4.78 is 23.4. The Labute approximate surface area is 98.9 Å². The summed E-state index contributed by atoms with van der Waals surface area (Å²) in [6.45, 7) is 2.96. The van der Waals surface area contributed by atoms with Gasteiger partial charge in [-0.05, 0) is 31.6 Å². The molecule has 0 amide bonds. The Kier molecular flexibility index (Phi) is 3.90. The van der Waals surface area contributed by atoms with Gasteiger partial charge in [-0.25, -0.2) is 8.42 Å². The molecule has 94 valence electrons. The number of hydrogen-bond donors (Lipinski definition) is 1. The molecule has 4 heteroatoms. The van der Waals surface area contributed by atoms with Gasteiger partial charge < -0.3 is 5.32 Å². The van der Waals surface area contributed by atoms with Crippen molar-refractivity contribution in [3.05, 3.63) is 0 Å². The average Bonchev–Trinajstić information content (AvgIpc) is 2.57. The van der Waals surface area contributed by atoms with E-state index in [0.717, 1.165) is 12.8 Å². The topological polar surface area (TPSA) is 46.2 Å². The standard InChI is InChI=1S/C12H23NO2S/c1-10-5-2-3-7-12(10)13-9-11-6-4-8-16(11,14)15/h10-13H,2-9H2,1H3. The molecule has 1 aliphatic carbocycles. The van der Waals surface area contributed by atoms with Crippen molar-refractivity contribution >= 4 is 9.84 Å². The summed E-state index contributed by atoms with van der Waals surface area (Å²) in [5.41, 5.74) is 0. The Morgan fingerprint density at radius 1 is 1.12 bits per heavy atom. The van der Waals surface area contributed by atoms with Crippen LogP contribution in [-0.4, -0.2) is 32.0 Å². The molecule has 16 heavy (non-hydrogen) atoms. The molecule has 1 saturated heterocycles. The van der Waals surface area contributed by atoms with Gasteiger partial charge in [0.25, 0.3) is 0 Å². The van der Waals surface area contributed by atoms with Crippen molar-refractivity contribution in [3.63, 3.8) is 0 Å². The summed E-state index contributed by atoms with van der Waals surface area (Å²) in [4.78, 5) is 0. The summed E-state index contributed by atoms with van der Waals surface area (Å²) in [6.07, 6.45) is 6.84. The molecule has 0 aromatic heterocycles. The summed E-state index contributed by atoms with van der Waals surface area (Å²) in [7, 11) is -2.77. The Morgan fingerprint density at radius 3 is 2.50 bits per heavy atom. The summed E-state index contributed by atoms with van der Waals surface area (Å²) in [5, 5.41) is 3.38. The van der Waals surface area contributed by atoms with Crippen molar-refractivity contribution in [2.24, 2.45) is 5.92 Å². The van der Waals surface area contributed by atoms with E-state index < -0.39 is 9.84 Å². The van der Waals surface area contributed by atoms with Gasteiger partial charge in [-0.1, -0.05) is 19.8 Å². The molecule has 1 heterocycles. The predicted molar refractivity (Wildman–Crippen MR) is 66.2 cm³/mol. The van der Waals surface area contributed by atoms with Gasteiger partial charge in [-0.3, -0.25) is 0 Å². The quantitative estimate of drug-likeness (QED) is 0.823. The molecule has 0 bridgehead atoms. The molecule has 0 spiro atoms. The van der Waals surface area contributed by atoms with Gasteiger partial charge in [0.05, 0.1) is 11.0 Å². The van der Waals surface area contributed by atoms with E-state index in [9.17, 15) is 8.42 Å². The van der Waals surface area contributed by atoms with Crippen molar-refractivity contribution in [2.75, 3.05) is 12.3 Å². The molecular weight excluding hydrogens is 222 g/mol. The number of hydrogen-bond acceptors (Lipinski definition) is 3. The molecule has 2 fully saturated rings. The minimum Gasteiger partial charge on any atom is -0.312 e. The van der Waals surface area contributed by atoms with Gasteiger partial charge >= 0.3 is 0 Å². The van der Waals surface area contributed by atoms with Gasteiger partial charge in [0.2, 0.25) is 0 Å². The first-order valence-electron chi connectivity index (χ1n) is 6.54. The van der Waals surface area contributed by atoms with Crippen LogP contribution in [0.4, 0.5) is 0 Å². The average molecular weight is 245 g/mol. The second-order valence-electron chi connectivity index (χ2n) is 5.41. The monoisotopic (exact) mass is 245 g/mol. The molecule has 2 aliphatic rings. The number of sulfone groups is 1. The van der Waals surface area contributed by atoms with Crippen molar-refractivity contribution in [1.29, 1.82) is 0 Å². The lowest BCUT2D eigenvalue weighted by Gasteiger charge is -2.30. The van der Waals surface area contributed by atoms with Crippen LogP contribution in [0.2, 0.25) is 0 Å². The smallest absolute Gasteiger partial charge is 0.154 e. The van der Waals surface area contributed by atoms with Crippen molar-refractivity contribution in [2.45, 2.75) is 56.7 Å². The first-order valence-corrected chi connectivity index (χ1v) is 8.26. The Morgan fingerprint density at radius 2 is 1.88 bits per heavy atom. The fourth-order valence-electron chi connectivity index (χ4n) is 2.99. The third kappa shape index (κ3) is 2.77. The summed E-state index contributed by atoms with van der Waals surface area (Å²) in [5.74, 6) is 1.11. The molecular formula is C12H23NO2S. The largest absolute Gasteiger partial charge is 0.312 e. The molecule has 1 aliphatic heterocycles. The molecule has 0 aromatic rings. The minimum absolute atomic E-state index is 0.110. The van der Waals surface area contributed by atoms with E-state index in [1.807, 2.05) is 0 Å². The van der Waals surface area contributed by atoms with Gasteiger partial charge in [-0.2, -0.15) is 0 Å². The van der Waals surface area contributed by atoms with Crippen molar-refractivity contribution in [3.8, 4) is 0 Å². The van der Waals surface area contributed by atoms with Gasteiger partial charge in [-0.15, -0.1) is 0 Å². The third-order valence-corrected chi connectivity index (χ3v) is 6.46. The third-order valence-electron chi connectivity index (χ3n) is 4.18. The molecule has 1 N–H and O–H groups in total. The Bertz CT molecular complexity index is 326. The van der Waals surface area contributed by atoms with Gasteiger partial charge in [0.1, 0.15) is 0 Å². The zero-order valence-corrected chi connectivity index (χ0v) is 10.9. The van der Waals surface area contributed by atoms with E-state index in [4.69, 9.17) is 0 Å². The predicted octanol–water partition coefficient (Wildman–Crippen LogP) is 1.73. The van der Waals surface area contributed by atoms with Crippen LogP contribution < -0.4 is 5.32 Å². The van der Waals surface area contributed by atoms with E-state index in [1.165, 1.54) is 25.7 Å². The van der Waals surface area contributed by atoms with Crippen molar-refractivity contribution in [1.82, 2.24) is 5.32 Å². The number of nitrogens with one attached hydrogen (secondary N) is 1. The minimum atomic E-state index is -2.77. The van der Waals surface area contributed by atoms with Crippen LogP contribution >= 0.6 is 0 Å². The van der Waals surface area contributed by atoms with Gasteiger partial charge in [0.15, 0.2) is 9.84 Å². The zero-order chi connectivity index (χ0) is 11.6. The second-order valence-corrected chi connectivity index (χ2v) is 7.81. The molecule has 2 rings (SSSR count). The maximum atomic E-state index is 11.7. The zero-order valence-electron chi connectivity index (χ0n) is 10.1. The van der Waals surface area contributed by atoms with Gasteiger partial charge in [0, 0.05) is 12.6 Å². The van der Waals surface area contributed by atoms with Crippen LogP contribution in [0, 0.1) is 5.92 Å².